The van der Waals surface area contributed by atoms with Crippen LogP contribution in [-0.4, -0.2) is 23.6 Å². The Kier molecular flexibility index (Phi) is 7.16. The lowest BCUT2D eigenvalue weighted by Crippen LogP contribution is -2.36. The van der Waals surface area contributed by atoms with Gasteiger partial charge >= 0.3 is 0 Å². The Morgan fingerprint density at radius 2 is 1.86 bits per heavy atom. The maximum Gasteiger partial charge on any atom is 0.0442 e. The molecule has 0 unspecified atom stereocenters. The van der Waals surface area contributed by atoms with Crippen LogP contribution in [0.15, 0.2) is 18.5 Å². The zero-order valence-electron chi connectivity index (χ0n) is 14.7. The van der Waals surface area contributed by atoms with E-state index in [-0.39, 0.29) is 5.54 Å². The summed E-state index contributed by atoms with van der Waals surface area (Å²) in [5, 5.41) is 3.57. The fraction of sp³-hybridized carbons (Fsp3) is 0.722. The van der Waals surface area contributed by atoms with E-state index in [4.69, 9.17) is 0 Å². The van der Waals surface area contributed by atoms with Crippen LogP contribution in [0.4, 0.5) is 5.69 Å². The van der Waals surface area contributed by atoms with E-state index in [0.29, 0.717) is 0 Å². The van der Waals surface area contributed by atoms with E-state index < -0.39 is 0 Å². The van der Waals surface area contributed by atoms with Crippen LogP contribution >= 0.6 is 0 Å². The van der Waals surface area contributed by atoms with Crippen molar-refractivity contribution in [1.82, 2.24) is 10.3 Å². The largest absolute Gasteiger partial charge is 0.371 e. The van der Waals surface area contributed by atoms with Crippen molar-refractivity contribution in [3.63, 3.8) is 0 Å². The van der Waals surface area contributed by atoms with Gasteiger partial charge in [0.05, 0.1) is 0 Å². The fourth-order valence-electron chi connectivity index (χ4n) is 2.48. The molecule has 1 heterocycles. The Hall–Kier alpha value is -1.09. The molecule has 1 N–H and O–H groups in total. The number of rotatable bonds is 8. The van der Waals surface area contributed by atoms with Crippen molar-refractivity contribution >= 4 is 5.69 Å². The summed E-state index contributed by atoms with van der Waals surface area (Å²) >= 11 is 0. The standard InChI is InChI=1S/C18H33N3/c1-7-15(8-2)14-21(9-3)17-10-11-19-12-16(17)13-20-18(4,5)6/h10-12,15,20H,7-9,13-14H2,1-6H3. The van der Waals surface area contributed by atoms with Crippen molar-refractivity contribution in [2.24, 2.45) is 5.92 Å². The number of hydrogen-bond acceptors (Lipinski definition) is 3. The van der Waals surface area contributed by atoms with E-state index in [1.54, 1.807) is 0 Å². The second-order valence-electron chi connectivity index (χ2n) is 6.83. The predicted octanol–water partition coefficient (Wildman–Crippen LogP) is 4.23. The van der Waals surface area contributed by atoms with Gasteiger partial charge in [0.2, 0.25) is 0 Å². The van der Waals surface area contributed by atoms with Gasteiger partial charge in [-0.2, -0.15) is 0 Å². The molecule has 0 bridgehead atoms. The average molecular weight is 291 g/mol. The summed E-state index contributed by atoms with van der Waals surface area (Å²) in [6, 6.07) is 2.16. The number of nitrogens with zero attached hydrogens (tertiary/aromatic N) is 2. The minimum Gasteiger partial charge on any atom is -0.371 e. The van der Waals surface area contributed by atoms with Gasteiger partial charge in [0, 0.05) is 48.8 Å². The fourth-order valence-corrected chi connectivity index (χ4v) is 2.48. The molecular weight excluding hydrogens is 258 g/mol. The molecule has 1 aromatic heterocycles. The second kappa shape index (κ2) is 8.38. The molecule has 0 amide bonds. The molecule has 3 heteroatoms. The van der Waals surface area contributed by atoms with Crippen LogP contribution in [0.5, 0.6) is 0 Å². The van der Waals surface area contributed by atoms with Gasteiger partial charge < -0.3 is 10.2 Å². The first-order valence-electron chi connectivity index (χ1n) is 8.34. The first-order chi connectivity index (χ1) is 9.91. The van der Waals surface area contributed by atoms with E-state index in [0.717, 1.165) is 25.6 Å². The minimum absolute atomic E-state index is 0.125. The maximum atomic E-state index is 4.32. The molecule has 0 fully saturated rings. The van der Waals surface area contributed by atoms with Crippen LogP contribution in [0.25, 0.3) is 0 Å². The third-order valence-electron chi connectivity index (χ3n) is 4.04. The highest BCUT2D eigenvalue weighted by atomic mass is 15.1. The van der Waals surface area contributed by atoms with Gasteiger partial charge in [-0.25, -0.2) is 0 Å². The molecule has 1 aromatic rings. The molecule has 3 nitrogen and oxygen atoms in total. The summed E-state index contributed by atoms with van der Waals surface area (Å²) in [5.74, 6) is 0.765. The summed E-state index contributed by atoms with van der Waals surface area (Å²) in [4.78, 5) is 6.81. The van der Waals surface area contributed by atoms with Crippen LogP contribution < -0.4 is 10.2 Å². The summed E-state index contributed by atoms with van der Waals surface area (Å²) in [7, 11) is 0. The lowest BCUT2D eigenvalue weighted by atomic mass is 10.0. The zero-order chi connectivity index (χ0) is 15.9. The lowest BCUT2D eigenvalue weighted by Gasteiger charge is -2.30. The van der Waals surface area contributed by atoms with Crippen LogP contribution in [-0.2, 0) is 6.54 Å². The smallest absolute Gasteiger partial charge is 0.0442 e. The van der Waals surface area contributed by atoms with Gasteiger partial charge in [-0.15, -0.1) is 0 Å². The molecule has 0 radical (unpaired) electrons. The number of nitrogens with one attached hydrogen (secondary N) is 1. The van der Waals surface area contributed by atoms with Gasteiger partial charge in [-0.3, -0.25) is 4.98 Å². The van der Waals surface area contributed by atoms with Crippen LogP contribution in [0.1, 0.15) is 59.9 Å². The SMILES string of the molecule is CCC(CC)CN(CC)c1ccncc1CNC(C)(C)C. The van der Waals surface area contributed by atoms with Crippen molar-refractivity contribution in [2.75, 3.05) is 18.0 Å². The third-order valence-corrected chi connectivity index (χ3v) is 4.04. The van der Waals surface area contributed by atoms with Crippen LogP contribution in [0.2, 0.25) is 0 Å². The Morgan fingerprint density at radius 1 is 1.19 bits per heavy atom. The molecular formula is C18H33N3. The first-order valence-corrected chi connectivity index (χ1v) is 8.34. The summed E-state index contributed by atoms with van der Waals surface area (Å²) in [6.07, 6.45) is 6.40. The van der Waals surface area contributed by atoms with E-state index in [9.17, 15) is 0 Å². The predicted molar refractivity (Wildman–Crippen MR) is 92.8 cm³/mol. The van der Waals surface area contributed by atoms with E-state index in [1.165, 1.54) is 24.1 Å². The van der Waals surface area contributed by atoms with Crippen LogP contribution in [0, 0.1) is 5.92 Å². The quantitative estimate of drug-likeness (QED) is 0.777. The molecule has 0 atom stereocenters. The Labute approximate surface area is 131 Å². The molecule has 0 aromatic carbocycles. The third kappa shape index (κ3) is 6.04. The van der Waals surface area contributed by atoms with Crippen molar-refractivity contribution in [3.8, 4) is 0 Å². The lowest BCUT2D eigenvalue weighted by molar-refractivity contribution is 0.423. The highest BCUT2D eigenvalue weighted by Crippen LogP contribution is 2.22. The number of anilines is 1. The topological polar surface area (TPSA) is 28.2 Å². The maximum absolute atomic E-state index is 4.32. The zero-order valence-corrected chi connectivity index (χ0v) is 14.7. The normalized spacial score (nSPS) is 12.0. The van der Waals surface area contributed by atoms with Gasteiger partial charge in [-0.05, 0) is 39.7 Å². The van der Waals surface area contributed by atoms with Gasteiger partial charge in [0.25, 0.3) is 0 Å². The van der Waals surface area contributed by atoms with Gasteiger partial charge in [0.1, 0.15) is 0 Å². The molecule has 0 saturated carbocycles. The highest BCUT2D eigenvalue weighted by molar-refractivity contribution is 5.52. The Morgan fingerprint density at radius 3 is 2.38 bits per heavy atom. The number of hydrogen-bond donors (Lipinski definition) is 1. The molecule has 0 saturated heterocycles. The van der Waals surface area contributed by atoms with Crippen molar-refractivity contribution in [1.29, 1.82) is 0 Å². The van der Waals surface area contributed by atoms with Crippen molar-refractivity contribution < 1.29 is 0 Å². The van der Waals surface area contributed by atoms with E-state index in [2.05, 4.69) is 62.8 Å². The average Bonchev–Trinajstić information content (AvgIpc) is 2.46. The van der Waals surface area contributed by atoms with Crippen LogP contribution in [0.3, 0.4) is 0 Å². The Bertz CT molecular complexity index is 405. The van der Waals surface area contributed by atoms with Gasteiger partial charge in [-0.1, -0.05) is 26.7 Å². The molecule has 1 rings (SSSR count). The molecule has 21 heavy (non-hydrogen) atoms. The Balaban J connectivity index is 2.88. The van der Waals surface area contributed by atoms with E-state index in [1.807, 2.05) is 12.4 Å². The molecule has 0 aliphatic carbocycles. The molecule has 120 valence electrons. The summed E-state index contributed by atoms with van der Waals surface area (Å²) < 4.78 is 0. The van der Waals surface area contributed by atoms with Gasteiger partial charge in [0.15, 0.2) is 0 Å². The second-order valence-corrected chi connectivity index (χ2v) is 6.83. The first kappa shape index (κ1) is 18.0. The monoisotopic (exact) mass is 291 g/mol. The summed E-state index contributed by atoms with van der Waals surface area (Å²) in [5.41, 5.74) is 2.75. The molecule has 0 aliphatic rings. The number of pyridine rings is 1. The number of aromatic nitrogens is 1. The molecule has 0 aliphatic heterocycles. The molecule has 0 spiro atoms. The van der Waals surface area contributed by atoms with Crippen molar-refractivity contribution in [3.05, 3.63) is 24.0 Å². The van der Waals surface area contributed by atoms with Crippen molar-refractivity contribution in [2.45, 2.75) is 66.5 Å². The van der Waals surface area contributed by atoms with E-state index >= 15 is 0 Å². The minimum atomic E-state index is 0.125. The highest BCUT2D eigenvalue weighted by Gasteiger charge is 2.15. The summed E-state index contributed by atoms with van der Waals surface area (Å²) in [6.45, 7) is 16.5.